The number of hydrogen-bond acceptors (Lipinski definition) is 2. The quantitative estimate of drug-likeness (QED) is 0.572. The van der Waals surface area contributed by atoms with Crippen LogP contribution >= 0.6 is 0 Å². The summed E-state index contributed by atoms with van der Waals surface area (Å²) in [6.07, 6.45) is 3.34. The average molecular weight is 117 g/mol. The number of aliphatic hydroxyl groups excluding tert-OH is 1. The van der Waals surface area contributed by atoms with Crippen LogP contribution < -0.4 is 0 Å². The van der Waals surface area contributed by atoms with Crippen molar-refractivity contribution in [3.05, 3.63) is 0 Å². The maximum absolute atomic E-state index is 6.65. The molecular weight excluding hydrogens is 104 g/mol. The van der Waals surface area contributed by atoms with E-state index in [1.54, 1.807) is 7.11 Å². The van der Waals surface area contributed by atoms with Crippen molar-refractivity contribution in [1.29, 1.82) is 1.43 Å². The fraction of sp³-hybridized carbons (Fsp3) is 1.00. The molecule has 2 heteroatoms. The Balaban J connectivity index is 2.32. The Bertz CT molecular complexity index is 77.1. The van der Waals surface area contributed by atoms with E-state index in [9.17, 15) is 0 Å². The molecule has 0 radical (unpaired) electrons. The zero-order valence-corrected chi connectivity index (χ0v) is 5.09. The Morgan fingerprint density at radius 1 is 1.75 bits per heavy atom. The van der Waals surface area contributed by atoms with Gasteiger partial charge in [-0.05, 0) is 19.3 Å². The van der Waals surface area contributed by atoms with Gasteiger partial charge in [0.05, 0.1) is 12.2 Å². The van der Waals surface area contributed by atoms with Gasteiger partial charge in [0.2, 0.25) is 1.43 Å². The van der Waals surface area contributed by atoms with Crippen LogP contribution in [0.15, 0.2) is 0 Å². The molecule has 1 fully saturated rings. The zero-order valence-electron chi connectivity index (χ0n) is 6.09. The first kappa shape index (κ1) is 4.77. The number of hydrogen-bond donors (Lipinski definition) is 1. The van der Waals surface area contributed by atoms with E-state index >= 15 is 0 Å². The Labute approximate surface area is 51.0 Å². The van der Waals surface area contributed by atoms with Crippen molar-refractivity contribution in [2.45, 2.75) is 31.5 Å². The zero-order chi connectivity index (χ0) is 6.69. The number of aliphatic hydroxyl groups is 1. The van der Waals surface area contributed by atoms with E-state index in [1.807, 2.05) is 0 Å². The second kappa shape index (κ2) is 2.46. The lowest BCUT2D eigenvalue weighted by Gasteiger charge is -2.10. The van der Waals surface area contributed by atoms with Crippen molar-refractivity contribution < 1.29 is 9.85 Å². The van der Waals surface area contributed by atoms with Crippen molar-refractivity contribution >= 4 is 0 Å². The fourth-order valence-corrected chi connectivity index (χ4v) is 1.16. The standard InChI is InChI=1S/C6H12O2/c1-8-6-4-2-3-5(6)7/h5-7H,2-4H2,1H3/t5-,6-/m1/s1/i7D. The van der Waals surface area contributed by atoms with Crippen LogP contribution in [0.1, 0.15) is 19.3 Å². The van der Waals surface area contributed by atoms with Crippen molar-refractivity contribution in [2.24, 2.45) is 0 Å². The first-order chi connectivity index (χ1) is 4.38. The molecule has 8 heavy (non-hydrogen) atoms. The maximum Gasteiger partial charge on any atom is 0.211 e. The summed E-state index contributed by atoms with van der Waals surface area (Å²) in [5, 5.41) is 4.44. The summed E-state index contributed by atoms with van der Waals surface area (Å²) in [6.45, 7) is 0. The third kappa shape index (κ3) is 1.01. The van der Waals surface area contributed by atoms with Gasteiger partial charge < -0.3 is 9.85 Å². The molecule has 2 nitrogen and oxygen atoms in total. The van der Waals surface area contributed by atoms with E-state index in [1.165, 1.54) is 0 Å². The van der Waals surface area contributed by atoms with Gasteiger partial charge in [-0.15, -0.1) is 0 Å². The Morgan fingerprint density at radius 3 is 3.12 bits per heavy atom. The fourth-order valence-electron chi connectivity index (χ4n) is 1.16. The second-order valence-corrected chi connectivity index (χ2v) is 2.24. The van der Waals surface area contributed by atoms with Crippen LogP contribution in [0.2, 0.25) is 0 Å². The van der Waals surface area contributed by atoms with Gasteiger partial charge in [0.15, 0.2) is 0 Å². The van der Waals surface area contributed by atoms with Crippen LogP contribution in [-0.2, 0) is 4.74 Å². The van der Waals surface area contributed by atoms with Crippen LogP contribution in [-0.4, -0.2) is 25.9 Å². The highest BCUT2D eigenvalue weighted by molar-refractivity contribution is 4.76. The van der Waals surface area contributed by atoms with Crippen LogP contribution in [0.5, 0.6) is 0 Å². The molecule has 0 aromatic carbocycles. The van der Waals surface area contributed by atoms with Gasteiger partial charge >= 0.3 is 0 Å². The minimum absolute atomic E-state index is 0.0231. The van der Waals surface area contributed by atoms with Crippen LogP contribution in [0, 0.1) is 0 Å². The maximum atomic E-state index is 6.65. The van der Waals surface area contributed by atoms with E-state index in [0.717, 1.165) is 19.3 Å². The average Bonchev–Trinajstić information content (AvgIpc) is 2.33. The van der Waals surface area contributed by atoms with Gasteiger partial charge in [0, 0.05) is 7.11 Å². The summed E-state index contributed by atoms with van der Waals surface area (Å²) in [7, 11) is 1.67. The van der Waals surface area contributed by atoms with E-state index in [0.29, 0.717) is 0 Å². The Hall–Kier alpha value is -0.0800. The lowest BCUT2D eigenvalue weighted by atomic mass is 10.3. The number of rotatable bonds is 2. The van der Waals surface area contributed by atoms with Gasteiger partial charge in [0.25, 0.3) is 0 Å². The summed E-state index contributed by atoms with van der Waals surface area (Å²) < 4.78 is 11.7. The first-order valence-electron chi connectivity index (χ1n) is 3.44. The molecule has 1 N–H and O–H groups in total. The monoisotopic (exact) mass is 117 g/mol. The molecule has 2 atom stereocenters. The SMILES string of the molecule is [2H]O[C@@H]1CCC[C@H]1OC. The lowest BCUT2D eigenvalue weighted by molar-refractivity contribution is 0.00983. The number of methoxy groups -OCH3 is 1. The van der Waals surface area contributed by atoms with E-state index < -0.39 is 0 Å². The lowest BCUT2D eigenvalue weighted by Crippen LogP contribution is -2.20. The van der Waals surface area contributed by atoms with Gasteiger partial charge in [-0.3, -0.25) is 0 Å². The molecule has 0 aliphatic heterocycles. The molecule has 1 rings (SSSR count). The smallest absolute Gasteiger partial charge is 0.211 e. The largest absolute Gasteiger partial charge is 0.390 e. The summed E-state index contributed by atoms with van der Waals surface area (Å²) in [5.41, 5.74) is 0. The molecule has 1 aliphatic carbocycles. The van der Waals surface area contributed by atoms with E-state index in [4.69, 9.17) is 6.17 Å². The molecule has 0 aromatic heterocycles. The van der Waals surface area contributed by atoms with E-state index in [-0.39, 0.29) is 12.2 Å². The molecule has 0 bridgehead atoms. The van der Waals surface area contributed by atoms with Crippen molar-refractivity contribution in [2.75, 3.05) is 7.11 Å². The van der Waals surface area contributed by atoms with Crippen LogP contribution in [0.3, 0.4) is 0 Å². The van der Waals surface area contributed by atoms with Crippen molar-refractivity contribution in [1.82, 2.24) is 0 Å². The third-order valence-corrected chi connectivity index (χ3v) is 1.69. The minimum Gasteiger partial charge on any atom is -0.390 e. The molecule has 0 heterocycles. The second-order valence-electron chi connectivity index (χ2n) is 2.24. The minimum atomic E-state index is 0.0231. The van der Waals surface area contributed by atoms with E-state index in [2.05, 4.69) is 5.11 Å². The van der Waals surface area contributed by atoms with Gasteiger partial charge in [-0.25, -0.2) is 0 Å². The summed E-state index contributed by atoms with van der Waals surface area (Å²) >= 11 is 0. The van der Waals surface area contributed by atoms with Gasteiger partial charge in [-0.1, -0.05) is 0 Å². The van der Waals surface area contributed by atoms with Gasteiger partial charge in [0.1, 0.15) is 0 Å². The third-order valence-electron chi connectivity index (χ3n) is 1.69. The van der Waals surface area contributed by atoms with Crippen molar-refractivity contribution in [3.8, 4) is 0 Å². The highest BCUT2D eigenvalue weighted by Gasteiger charge is 2.23. The number of ether oxygens (including phenoxy) is 1. The van der Waals surface area contributed by atoms with Gasteiger partial charge in [-0.2, -0.15) is 0 Å². The van der Waals surface area contributed by atoms with Crippen molar-refractivity contribution in [3.63, 3.8) is 0 Å². The first-order valence-corrected chi connectivity index (χ1v) is 3.03. The normalized spacial score (nSPS) is 39.9. The van der Waals surface area contributed by atoms with Crippen LogP contribution in [0.4, 0.5) is 0 Å². The summed E-state index contributed by atoms with van der Waals surface area (Å²) in [6, 6.07) is 0. The molecule has 0 saturated heterocycles. The molecule has 1 aliphatic rings. The molecule has 0 unspecified atom stereocenters. The topological polar surface area (TPSA) is 29.5 Å². The summed E-state index contributed by atoms with van der Waals surface area (Å²) in [4.78, 5) is 0. The highest BCUT2D eigenvalue weighted by Crippen LogP contribution is 2.20. The predicted octanol–water partition coefficient (Wildman–Crippen LogP) is 0.546. The molecule has 1 saturated carbocycles. The van der Waals surface area contributed by atoms with Crippen LogP contribution in [0.25, 0.3) is 0 Å². The molecule has 48 valence electrons. The predicted molar refractivity (Wildman–Crippen MR) is 30.7 cm³/mol. The highest BCUT2D eigenvalue weighted by atomic mass is 16.5. The Morgan fingerprint density at radius 2 is 2.62 bits per heavy atom. The molecule has 0 aromatic rings. The molecule has 0 amide bonds. The molecular formula is C6H12O2. The molecule has 0 spiro atoms. The Kier molecular flexibility index (Phi) is 1.47. The summed E-state index contributed by atoms with van der Waals surface area (Å²) in [5.74, 6) is 0.